The van der Waals surface area contributed by atoms with Gasteiger partial charge in [0.15, 0.2) is 9.84 Å². The van der Waals surface area contributed by atoms with Crippen LogP contribution in [0.4, 0.5) is 13.2 Å². The van der Waals surface area contributed by atoms with Gasteiger partial charge in [-0.15, -0.1) is 0 Å². The number of amides is 2. The first-order valence-corrected chi connectivity index (χ1v) is 13.4. The van der Waals surface area contributed by atoms with Crippen LogP contribution in [0.3, 0.4) is 0 Å². The van der Waals surface area contributed by atoms with Crippen LogP contribution in [-0.4, -0.2) is 51.2 Å². The van der Waals surface area contributed by atoms with Crippen LogP contribution >= 0.6 is 0 Å². The molecule has 0 radical (unpaired) electrons. The van der Waals surface area contributed by atoms with Crippen LogP contribution in [0.25, 0.3) is 0 Å². The second-order valence-electron chi connectivity index (χ2n) is 8.86. The van der Waals surface area contributed by atoms with Gasteiger partial charge in [-0.25, -0.2) is 8.42 Å². The van der Waals surface area contributed by atoms with Crippen molar-refractivity contribution in [2.24, 2.45) is 5.92 Å². The van der Waals surface area contributed by atoms with E-state index in [0.717, 1.165) is 18.2 Å². The van der Waals surface area contributed by atoms with Gasteiger partial charge >= 0.3 is 6.18 Å². The van der Waals surface area contributed by atoms with Gasteiger partial charge in [0.25, 0.3) is 5.91 Å². The lowest BCUT2D eigenvalue weighted by atomic mass is 9.82. The molecule has 0 unspecified atom stereocenters. The second kappa shape index (κ2) is 11.9. The monoisotopic (exact) mass is 525 g/mol. The Bertz CT molecular complexity index is 1160. The maximum Gasteiger partial charge on any atom is 0.416 e. The summed E-state index contributed by atoms with van der Waals surface area (Å²) in [7, 11) is -3.52. The number of benzene rings is 2. The van der Waals surface area contributed by atoms with Gasteiger partial charge in [-0.3, -0.25) is 9.59 Å². The molecule has 0 heterocycles. The van der Waals surface area contributed by atoms with Crippen LogP contribution < -0.4 is 16.0 Å². The molecule has 11 heteroatoms. The lowest BCUT2D eigenvalue weighted by molar-refractivity contribution is -0.137. The third-order valence-electron chi connectivity index (χ3n) is 6.21. The average molecular weight is 526 g/mol. The molecule has 3 rings (SSSR count). The largest absolute Gasteiger partial charge is 0.416 e. The predicted octanol–water partition coefficient (Wildman–Crippen LogP) is 3.17. The molecule has 7 nitrogen and oxygen atoms in total. The Morgan fingerprint density at radius 1 is 1.03 bits per heavy atom. The number of hydrogen-bond donors (Lipinski definition) is 3. The predicted molar refractivity (Wildman–Crippen MR) is 129 cm³/mol. The van der Waals surface area contributed by atoms with E-state index in [2.05, 4.69) is 16.0 Å². The molecule has 3 atom stereocenters. The summed E-state index contributed by atoms with van der Waals surface area (Å²) in [5.41, 5.74) is -1.15. The first kappa shape index (κ1) is 27.7. The molecule has 2 aromatic carbocycles. The van der Waals surface area contributed by atoms with Crippen molar-refractivity contribution in [1.82, 2.24) is 16.0 Å². The molecule has 0 aromatic heterocycles. The second-order valence-corrected chi connectivity index (χ2v) is 10.9. The number of carbonyl (C=O) groups excluding carboxylic acids is 2. The van der Waals surface area contributed by atoms with Gasteiger partial charge in [-0.1, -0.05) is 31.2 Å². The van der Waals surface area contributed by atoms with Gasteiger partial charge in [-0.2, -0.15) is 13.2 Å². The molecule has 2 aromatic rings. The quantitative estimate of drug-likeness (QED) is 0.467. The minimum Gasteiger partial charge on any atom is -0.352 e. The summed E-state index contributed by atoms with van der Waals surface area (Å²) in [6.45, 7) is 2.23. The van der Waals surface area contributed by atoms with E-state index in [-0.39, 0.29) is 34.2 Å². The standard InChI is InChI=1S/C25H30F3N3O4S/c1-2-29-22-12-11-20(14-18(22)16-36(34,35)21-9-4-3-5-10-21)31-23(32)15-30-24(33)17-7-6-8-19(13-17)25(26,27)28/h3-10,13,18,20,22,29H,2,11-12,14-16H2,1H3,(H,30,33)(H,31,32)/t18-,20+,22-/m1/s1. The Morgan fingerprint density at radius 2 is 1.75 bits per heavy atom. The average Bonchev–Trinajstić information content (AvgIpc) is 2.84. The van der Waals surface area contributed by atoms with Gasteiger partial charge in [0.1, 0.15) is 0 Å². The maximum absolute atomic E-state index is 12.9. The zero-order chi connectivity index (χ0) is 26.3. The van der Waals surface area contributed by atoms with Crippen molar-refractivity contribution < 1.29 is 31.2 Å². The molecule has 0 bridgehead atoms. The van der Waals surface area contributed by atoms with E-state index in [0.29, 0.717) is 25.8 Å². The fourth-order valence-corrected chi connectivity index (χ4v) is 6.19. The van der Waals surface area contributed by atoms with Gasteiger partial charge in [0, 0.05) is 17.6 Å². The molecule has 2 amide bonds. The number of rotatable bonds is 9. The number of alkyl halides is 3. The normalized spacial score (nSPS) is 20.5. The molecule has 36 heavy (non-hydrogen) atoms. The van der Waals surface area contributed by atoms with Crippen molar-refractivity contribution in [2.45, 2.75) is 49.3 Å². The summed E-state index contributed by atoms with van der Waals surface area (Å²) < 4.78 is 64.5. The fourth-order valence-electron chi connectivity index (χ4n) is 4.49. The van der Waals surface area contributed by atoms with Crippen LogP contribution in [0, 0.1) is 5.92 Å². The number of carbonyl (C=O) groups is 2. The van der Waals surface area contributed by atoms with E-state index in [1.807, 2.05) is 6.92 Å². The van der Waals surface area contributed by atoms with E-state index >= 15 is 0 Å². The van der Waals surface area contributed by atoms with E-state index in [4.69, 9.17) is 0 Å². The number of hydrogen-bond acceptors (Lipinski definition) is 5. The molecule has 0 aliphatic heterocycles. The van der Waals surface area contributed by atoms with Crippen LogP contribution in [0.1, 0.15) is 42.1 Å². The van der Waals surface area contributed by atoms with Crippen molar-refractivity contribution in [2.75, 3.05) is 18.8 Å². The van der Waals surface area contributed by atoms with Crippen molar-refractivity contribution in [3.05, 3.63) is 65.7 Å². The van der Waals surface area contributed by atoms with E-state index in [1.165, 1.54) is 6.07 Å². The Morgan fingerprint density at radius 3 is 2.42 bits per heavy atom. The van der Waals surface area contributed by atoms with Crippen LogP contribution in [0.2, 0.25) is 0 Å². The van der Waals surface area contributed by atoms with E-state index < -0.39 is 39.9 Å². The van der Waals surface area contributed by atoms with Crippen molar-refractivity contribution in [1.29, 1.82) is 0 Å². The lowest BCUT2D eigenvalue weighted by Crippen LogP contribution is -2.50. The van der Waals surface area contributed by atoms with Gasteiger partial charge in [-0.05, 0) is 62.1 Å². The molecule has 3 N–H and O–H groups in total. The third kappa shape index (κ3) is 7.54. The fraction of sp³-hybridized carbons (Fsp3) is 0.440. The van der Waals surface area contributed by atoms with Crippen LogP contribution in [-0.2, 0) is 20.8 Å². The Kier molecular flexibility index (Phi) is 9.13. The maximum atomic E-state index is 12.9. The summed E-state index contributed by atoms with van der Waals surface area (Å²) in [4.78, 5) is 25.0. The zero-order valence-corrected chi connectivity index (χ0v) is 20.7. The molecule has 196 valence electrons. The molecule has 1 aliphatic carbocycles. The first-order valence-electron chi connectivity index (χ1n) is 11.8. The summed E-state index contributed by atoms with van der Waals surface area (Å²) in [5, 5.41) is 8.51. The molecule has 0 saturated heterocycles. The smallest absolute Gasteiger partial charge is 0.352 e. The minimum absolute atomic E-state index is 0.0118. The minimum atomic E-state index is -4.58. The summed E-state index contributed by atoms with van der Waals surface area (Å²) in [6.07, 6.45) is -2.84. The summed E-state index contributed by atoms with van der Waals surface area (Å²) in [5.74, 6) is -1.58. The summed E-state index contributed by atoms with van der Waals surface area (Å²) in [6, 6.07) is 11.9. The van der Waals surface area contributed by atoms with Gasteiger partial charge in [0.2, 0.25) is 5.91 Å². The van der Waals surface area contributed by atoms with Crippen LogP contribution in [0.15, 0.2) is 59.5 Å². The topological polar surface area (TPSA) is 104 Å². The summed E-state index contributed by atoms with van der Waals surface area (Å²) >= 11 is 0. The highest BCUT2D eigenvalue weighted by Crippen LogP contribution is 2.30. The highest BCUT2D eigenvalue weighted by Gasteiger charge is 2.34. The van der Waals surface area contributed by atoms with Gasteiger partial charge in [0.05, 0.1) is 22.8 Å². The molecule has 1 aliphatic rings. The van der Waals surface area contributed by atoms with Crippen molar-refractivity contribution >= 4 is 21.7 Å². The lowest BCUT2D eigenvalue weighted by Gasteiger charge is -2.37. The SMILES string of the molecule is CCN[C@@H]1CC[C@H](NC(=O)CNC(=O)c2cccc(C(F)(F)F)c2)C[C@@H]1CS(=O)(=O)c1ccccc1. The molecule has 1 saturated carbocycles. The Labute approximate surface area is 208 Å². The first-order chi connectivity index (χ1) is 17.0. The van der Waals surface area contributed by atoms with E-state index in [9.17, 15) is 31.2 Å². The molecular weight excluding hydrogens is 495 g/mol. The third-order valence-corrected chi connectivity index (χ3v) is 8.07. The Balaban J connectivity index is 1.58. The molecule has 1 fully saturated rings. The van der Waals surface area contributed by atoms with Crippen molar-refractivity contribution in [3.63, 3.8) is 0 Å². The van der Waals surface area contributed by atoms with Crippen molar-refractivity contribution in [3.8, 4) is 0 Å². The number of sulfone groups is 1. The van der Waals surface area contributed by atoms with Crippen LogP contribution in [0.5, 0.6) is 0 Å². The highest BCUT2D eigenvalue weighted by atomic mass is 32.2. The number of nitrogens with one attached hydrogen (secondary N) is 3. The number of halogens is 3. The zero-order valence-electron chi connectivity index (χ0n) is 19.8. The molecular formula is C25H30F3N3O4S. The Hall–Kier alpha value is -2.92. The highest BCUT2D eigenvalue weighted by molar-refractivity contribution is 7.91. The molecule has 0 spiro atoms. The van der Waals surface area contributed by atoms with E-state index in [1.54, 1.807) is 30.3 Å². The van der Waals surface area contributed by atoms with Gasteiger partial charge < -0.3 is 16.0 Å².